The molecule has 2 aromatic rings. The molecular weight excluding hydrogens is 526 g/mol. The first-order valence-electron chi connectivity index (χ1n) is 11.8. The Labute approximate surface area is 222 Å². The number of alkyl halides is 6. The zero-order valence-electron chi connectivity index (χ0n) is 21.1. The number of rotatable bonds is 10. The third-order valence-corrected chi connectivity index (χ3v) is 6.37. The highest BCUT2D eigenvalue weighted by Crippen LogP contribution is 2.58. The van der Waals surface area contributed by atoms with Gasteiger partial charge in [0.2, 0.25) is 5.41 Å². The molecule has 2 aromatic carbocycles. The van der Waals surface area contributed by atoms with Crippen molar-refractivity contribution in [2.24, 2.45) is 11.8 Å². The predicted molar refractivity (Wildman–Crippen MR) is 132 cm³/mol. The molecule has 0 bridgehead atoms. The highest BCUT2D eigenvalue weighted by atomic mass is 19.4. The fraction of sp³-hybridized carbons (Fsp3) is 0.379. The van der Waals surface area contributed by atoms with E-state index in [1.165, 1.54) is 26.0 Å². The Hall–Kier alpha value is -3.92. The molecule has 0 amide bonds. The molecule has 2 rings (SSSR count). The van der Waals surface area contributed by atoms with E-state index in [1.807, 2.05) is 0 Å². The summed E-state index contributed by atoms with van der Waals surface area (Å²) in [6.45, 7) is 2.86. The van der Waals surface area contributed by atoms with E-state index in [0.29, 0.717) is 12.1 Å². The Morgan fingerprint density at radius 3 is 1.31 bits per heavy atom. The lowest BCUT2D eigenvalue weighted by molar-refractivity contribution is -0.289. The molecule has 0 spiro atoms. The van der Waals surface area contributed by atoms with Crippen molar-refractivity contribution in [3.63, 3.8) is 0 Å². The quantitative estimate of drug-likeness (QED) is 0.264. The van der Waals surface area contributed by atoms with Crippen LogP contribution in [0.1, 0.15) is 48.9 Å². The molecule has 0 aliphatic heterocycles. The lowest BCUT2D eigenvalue weighted by Crippen LogP contribution is -2.56. The van der Waals surface area contributed by atoms with Crippen molar-refractivity contribution in [3.05, 3.63) is 70.8 Å². The van der Waals surface area contributed by atoms with Gasteiger partial charge in [-0.05, 0) is 48.9 Å². The van der Waals surface area contributed by atoms with Crippen LogP contribution in [0.3, 0.4) is 0 Å². The minimum atomic E-state index is -5.94. The van der Waals surface area contributed by atoms with Gasteiger partial charge in [0.1, 0.15) is 0 Å². The van der Waals surface area contributed by atoms with Gasteiger partial charge in [0.05, 0.1) is 11.8 Å². The van der Waals surface area contributed by atoms with Gasteiger partial charge in [0.25, 0.3) is 0 Å². The first kappa shape index (κ1) is 31.3. The molecule has 39 heavy (non-hydrogen) atoms. The van der Waals surface area contributed by atoms with Crippen LogP contribution in [0.5, 0.6) is 0 Å². The standard InChI is InChI=1S/C29H26F6O4/c1-3-5-11-21(25(36)37)17-19-13-7-9-15-23(19)27(28(30,31)32,29(33,34)35)24-16-10-8-14-20(24)18-22(26(38)39)12-6-4-2/h7-10,13-16,21-22H,11-12,17-18H2,1-2H3,(H,36,37)(H,38,39). The molecule has 0 radical (unpaired) electrons. The molecule has 2 N–H and O–H groups in total. The second-order valence-electron chi connectivity index (χ2n) is 8.80. The van der Waals surface area contributed by atoms with Gasteiger partial charge in [-0.1, -0.05) is 48.5 Å². The van der Waals surface area contributed by atoms with Gasteiger partial charge in [0, 0.05) is 12.8 Å². The number of halogens is 6. The SMILES string of the molecule is CC#CCC(Cc1ccccc1C(c1ccccc1CC(CC#CC)C(=O)O)(C(F)(F)F)C(F)(F)F)C(=O)O. The molecule has 2 atom stereocenters. The Morgan fingerprint density at radius 1 is 0.692 bits per heavy atom. The van der Waals surface area contributed by atoms with Gasteiger partial charge >= 0.3 is 24.3 Å². The second-order valence-corrected chi connectivity index (χ2v) is 8.80. The van der Waals surface area contributed by atoms with E-state index in [4.69, 9.17) is 0 Å². The van der Waals surface area contributed by atoms with Gasteiger partial charge in [-0.15, -0.1) is 23.7 Å². The molecule has 4 nitrogen and oxygen atoms in total. The molecule has 0 fully saturated rings. The Bertz CT molecular complexity index is 1200. The summed E-state index contributed by atoms with van der Waals surface area (Å²) in [5, 5.41) is 19.2. The zero-order valence-corrected chi connectivity index (χ0v) is 21.1. The van der Waals surface area contributed by atoms with E-state index in [9.17, 15) is 19.8 Å². The molecule has 0 aromatic heterocycles. The molecule has 208 valence electrons. The van der Waals surface area contributed by atoms with E-state index in [-0.39, 0.29) is 12.8 Å². The van der Waals surface area contributed by atoms with Crippen LogP contribution >= 0.6 is 0 Å². The zero-order chi connectivity index (χ0) is 29.4. The van der Waals surface area contributed by atoms with Crippen LogP contribution in [0.4, 0.5) is 26.3 Å². The summed E-state index contributed by atoms with van der Waals surface area (Å²) < 4.78 is 90.0. The van der Waals surface area contributed by atoms with E-state index in [0.717, 1.165) is 24.3 Å². The van der Waals surface area contributed by atoms with E-state index >= 15 is 26.3 Å². The van der Waals surface area contributed by atoms with Crippen LogP contribution in [-0.4, -0.2) is 34.5 Å². The van der Waals surface area contributed by atoms with Crippen LogP contribution in [0, 0.1) is 35.5 Å². The lowest BCUT2D eigenvalue weighted by atomic mass is 9.68. The van der Waals surface area contributed by atoms with Crippen LogP contribution < -0.4 is 0 Å². The number of benzene rings is 2. The van der Waals surface area contributed by atoms with Crippen LogP contribution in [-0.2, 0) is 27.8 Å². The van der Waals surface area contributed by atoms with Crippen molar-refractivity contribution in [1.29, 1.82) is 0 Å². The Morgan fingerprint density at radius 2 is 1.03 bits per heavy atom. The maximum atomic E-state index is 15.0. The van der Waals surface area contributed by atoms with Crippen molar-refractivity contribution in [3.8, 4) is 23.7 Å². The van der Waals surface area contributed by atoms with Crippen LogP contribution in [0.25, 0.3) is 0 Å². The largest absolute Gasteiger partial charge is 0.481 e. The Kier molecular flexibility index (Phi) is 10.2. The van der Waals surface area contributed by atoms with Gasteiger partial charge in [-0.2, -0.15) is 26.3 Å². The van der Waals surface area contributed by atoms with Crippen molar-refractivity contribution >= 4 is 11.9 Å². The highest BCUT2D eigenvalue weighted by Gasteiger charge is 2.73. The number of carboxylic acid groups (broad SMARTS) is 2. The fourth-order valence-corrected chi connectivity index (χ4v) is 4.52. The summed E-state index contributed by atoms with van der Waals surface area (Å²) in [5.41, 5.74) is -7.84. The summed E-state index contributed by atoms with van der Waals surface area (Å²) in [4.78, 5) is 23.6. The van der Waals surface area contributed by atoms with Crippen molar-refractivity contribution < 1.29 is 46.1 Å². The summed E-state index contributed by atoms with van der Waals surface area (Å²) in [6, 6.07) is 7.96. The average Bonchev–Trinajstić information content (AvgIpc) is 2.84. The lowest BCUT2D eigenvalue weighted by Gasteiger charge is -2.41. The normalized spacial score (nSPS) is 13.3. The molecule has 2 unspecified atom stereocenters. The van der Waals surface area contributed by atoms with Crippen LogP contribution in [0.2, 0.25) is 0 Å². The topological polar surface area (TPSA) is 74.6 Å². The maximum Gasteiger partial charge on any atom is 0.411 e. The van der Waals surface area contributed by atoms with Crippen LogP contribution in [0.15, 0.2) is 48.5 Å². The summed E-state index contributed by atoms with van der Waals surface area (Å²) in [6.07, 6.45) is -13.7. The molecule has 0 saturated heterocycles. The number of carboxylic acids is 2. The molecule has 0 saturated carbocycles. The monoisotopic (exact) mass is 552 g/mol. The third kappa shape index (κ3) is 6.75. The highest BCUT2D eigenvalue weighted by molar-refractivity contribution is 5.72. The van der Waals surface area contributed by atoms with E-state index < -0.39 is 76.6 Å². The molecule has 0 heterocycles. The van der Waals surface area contributed by atoms with E-state index in [2.05, 4.69) is 23.7 Å². The van der Waals surface area contributed by atoms with Gasteiger partial charge in [-0.3, -0.25) is 9.59 Å². The number of hydrogen-bond acceptors (Lipinski definition) is 2. The van der Waals surface area contributed by atoms with Crippen molar-refractivity contribution in [2.75, 3.05) is 0 Å². The second kappa shape index (κ2) is 12.8. The van der Waals surface area contributed by atoms with Crippen molar-refractivity contribution in [1.82, 2.24) is 0 Å². The molecule has 0 aliphatic rings. The Balaban J connectivity index is 2.93. The van der Waals surface area contributed by atoms with Gasteiger partial charge in [0.15, 0.2) is 0 Å². The molecule has 0 aliphatic carbocycles. The number of carbonyl (C=O) groups is 2. The van der Waals surface area contributed by atoms with Gasteiger partial charge in [-0.25, -0.2) is 0 Å². The minimum absolute atomic E-state index is 0.277. The molecule has 10 heteroatoms. The summed E-state index contributed by atoms with van der Waals surface area (Å²) in [7, 11) is 0. The minimum Gasteiger partial charge on any atom is -0.481 e. The average molecular weight is 553 g/mol. The fourth-order valence-electron chi connectivity index (χ4n) is 4.52. The maximum absolute atomic E-state index is 15.0. The summed E-state index contributed by atoms with van der Waals surface area (Å²) >= 11 is 0. The number of hydrogen-bond donors (Lipinski definition) is 2. The smallest absolute Gasteiger partial charge is 0.411 e. The van der Waals surface area contributed by atoms with E-state index in [1.54, 1.807) is 0 Å². The predicted octanol–water partition coefficient (Wildman–Crippen LogP) is 6.41. The first-order valence-corrected chi connectivity index (χ1v) is 11.8. The first-order chi connectivity index (χ1) is 18.2. The summed E-state index contributed by atoms with van der Waals surface area (Å²) in [5.74, 6) is 4.42. The van der Waals surface area contributed by atoms with Gasteiger partial charge < -0.3 is 10.2 Å². The molecular formula is C29H26F6O4. The number of aliphatic carboxylic acids is 2. The third-order valence-electron chi connectivity index (χ3n) is 6.37. The van der Waals surface area contributed by atoms with Crippen molar-refractivity contribution in [2.45, 2.75) is 57.3 Å².